The Morgan fingerprint density at radius 3 is 1.79 bits per heavy atom. The van der Waals surface area contributed by atoms with Gasteiger partial charge in [0.1, 0.15) is 0 Å². The highest BCUT2D eigenvalue weighted by atomic mass is 14.9. The van der Waals surface area contributed by atoms with Crippen molar-refractivity contribution in [2.24, 2.45) is 23.2 Å². The third-order valence-electron chi connectivity index (χ3n) is 3.24. The van der Waals surface area contributed by atoms with Gasteiger partial charge in [-0.1, -0.05) is 48.5 Å². The van der Waals surface area contributed by atoms with Gasteiger partial charge in [0.25, 0.3) is 0 Å². The zero-order valence-electron chi connectivity index (χ0n) is 11.1. The van der Waals surface area contributed by atoms with Crippen LogP contribution in [0.15, 0.2) is 0 Å². The molecule has 0 spiro atoms. The summed E-state index contributed by atoms with van der Waals surface area (Å²) in [7, 11) is 0. The molecule has 86 valence electrons. The van der Waals surface area contributed by atoms with Crippen LogP contribution in [0.25, 0.3) is 0 Å². The lowest BCUT2D eigenvalue weighted by Crippen LogP contribution is -2.33. The Morgan fingerprint density at radius 2 is 1.43 bits per heavy atom. The second-order valence-corrected chi connectivity index (χ2v) is 6.18. The van der Waals surface area contributed by atoms with E-state index in [1.54, 1.807) is 0 Å². The number of rotatable bonds is 5. The van der Waals surface area contributed by atoms with Gasteiger partial charge in [0, 0.05) is 0 Å². The lowest BCUT2D eigenvalue weighted by atomic mass is 9.75. The number of nitrogens with one attached hydrogen (secondary N) is 1. The molecular formula is C13H29N. The average molecular weight is 199 g/mol. The third-order valence-corrected chi connectivity index (χ3v) is 3.24. The molecule has 1 heteroatoms. The van der Waals surface area contributed by atoms with Gasteiger partial charge in [-0.25, -0.2) is 0 Å². The van der Waals surface area contributed by atoms with Gasteiger partial charge in [-0.05, 0) is 36.3 Å². The molecule has 0 aliphatic carbocycles. The highest BCUT2D eigenvalue weighted by molar-refractivity contribution is 4.76. The van der Waals surface area contributed by atoms with Crippen LogP contribution >= 0.6 is 0 Å². The molecule has 1 N–H and O–H groups in total. The predicted octanol–water partition coefficient (Wildman–Crippen LogP) is 3.55. The molecule has 0 aromatic heterocycles. The van der Waals surface area contributed by atoms with Crippen LogP contribution < -0.4 is 5.32 Å². The number of hydrogen-bond acceptors (Lipinski definition) is 1. The van der Waals surface area contributed by atoms with Crippen LogP contribution in [0.4, 0.5) is 0 Å². The molecule has 0 aromatic carbocycles. The van der Waals surface area contributed by atoms with Crippen LogP contribution in [0.3, 0.4) is 0 Å². The Kier molecular flexibility index (Phi) is 5.73. The average Bonchev–Trinajstić information content (AvgIpc) is 2.00. The van der Waals surface area contributed by atoms with Crippen LogP contribution in [0.1, 0.15) is 48.5 Å². The molecule has 14 heavy (non-hydrogen) atoms. The minimum Gasteiger partial charge on any atom is -0.316 e. The van der Waals surface area contributed by atoms with E-state index in [0.29, 0.717) is 5.41 Å². The normalized spacial score (nSPS) is 17.1. The SMILES string of the molecule is CC(C)CNCC(C)C(C)C(C)(C)C. The van der Waals surface area contributed by atoms with Gasteiger partial charge in [-0.15, -0.1) is 0 Å². The van der Waals surface area contributed by atoms with Crippen molar-refractivity contribution >= 4 is 0 Å². The fourth-order valence-electron chi connectivity index (χ4n) is 1.63. The molecular weight excluding hydrogens is 170 g/mol. The summed E-state index contributed by atoms with van der Waals surface area (Å²) in [5, 5.41) is 3.54. The summed E-state index contributed by atoms with van der Waals surface area (Å²) in [6.45, 7) is 18.5. The molecule has 0 saturated heterocycles. The van der Waals surface area contributed by atoms with Crippen molar-refractivity contribution in [3.63, 3.8) is 0 Å². The van der Waals surface area contributed by atoms with E-state index in [2.05, 4.69) is 53.8 Å². The van der Waals surface area contributed by atoms with Gasteiger partial charge < -0.3 is 5.32 Å². The highest BCUT2D eigenvalue weighted by Gasteiger charge is 2.24. The van der Waals surface area contributed by atoms with Crippen molar-refractivity contribution < 1.29 is 0 Å². The maximum absolute atomic E-state index is 3.54. The van der Waals surface area contributed by atoms with Crippen molar-refractivity contribution in [2.75, 3.05) is 13.1 Å². The highest BCUT2D eigenvalue weighted by Crippen LogP contribution is 2.31. The summed E-state index contributed by atoms with van der Waals surface area (Å²) < 4.78 is 0. The smallest absolute Gasteiger partial charge is 0.00203 e. The molecule has 0 aliphatic rings. The van der Waals surface area contributed by atoms with Crippen LogP contribution in [0.5, 0.6) is 0 Å². The van der Waals surface area contributed by atoms with Gasteiger partial charge in [-0.2, -0.15) is 0 Å². The molecule has 0 amide bonds. The lowest BCUT2D eigenvalue weighted by molar-refractivity contribution is 0.184. The van der Waals surface area contributed by atoms with Gasteiger partial charge in [-0.3, -0.25) is 0 Å². The molecule has 0 heterocycles. The topological polar surface area (TPSA) is 12.0 Å². The van der Waals surface area contributed by atoms with Crippen molar-refractivity contribution in [2.45, 2.75) is 48.5 Å². The first-order chi connectivity index (χ1) is 6.25. The monoisotopic (exact) mass is 199 g/mol. The molecule has 0 radical (unpaired) electrons. The second-order valence-electron chi connectivity index (χ2n) is 6.18. The van der Waals surface area contributed by atoms with Crippen molar-refractivity contribution in [1.29, 1.82) is 0 Å². The molecule has 2 atom stereocenters. The summed E-state index contributed by atoms with van der Waals surface area (Å²) in [6, 6.07) is 0. The Hall–Kier alpha value is -0.0400. The molecule has 0 saturated carbocycles. The summed E-state index contributed by atoms with van der Waals surface area (Å²) in [6.07, 6.45) is 0. The van der Waals surface area contributed by atoms with E-state index in [1.165, 1.54) is 0 Å². The van der Waals surface area contributed by atoms with Gasteiger partial charge in [0.15, 0.2) is 0 Å². The summed E-state index contributed by atoms with van der Waals surface area (Å²) in [5.41, 5.74) is 0.429. The van der Waals surface area contributed by atoms with Crippen molar-refractivity contribution in [3.8, 4) is 0 Å². The minimum absolute atomic E-state index is 0.429. The van der Waals surface area contributed by atoms with E-state index < -0.39 is 0 Å². The van der Waals surface area contributed by atoms with Crippen molar-refractivity contribution in [3.05, 3.63) is 0 Å². The Bertz CT molecular complexity index is 144. The van der Waals surface area contributed by atoms with E-state index in [-0.39, 0.29) is 0 Å². The summed E-state index contributed by atoms with van der Waals surface area (Å²) >= 11 is 0. The zero-order chi connectivity index (χ0) is 11.4. The van der Waals surface area contributed by atoms with E-state index in [9.17, 15) is 0 Å². The summed E-state index contributed by atoms with van der Waals surface area (Å²) in [5.74, 6) is 2.28. The first-order valence-electron chi connectivity index (χ1n) is 5.96. The van der Waals surface area contributed by atoms with E-state index in [4.69, 9.17) is 0 Å². The van der Waals surface area contributed by atoms with Crippen LogP contribution in [0.2, 0.25) is 0 Å². The molecule has 0 aromatic rings. The number of hydrogen-bond donors (Lipinski definition) is 1. The lowest BCUT2D eigenvalue weighted by Gasteiger charge is -2.32. The van der Waals surface area contributed by atoms with E-state index in [0.717, 1.165) is 30.8 Å². The zero-order valence-corrected chi connectivity index (χ0v) is 11.1. The molecule has 1 nitrogen and oxygen atoms in total. The van der Waals surface area contributed by atoms with Gasteiger partial charge in [0.05, 0.1) is 0 Å². The minimum atomic E-state index is 0.429. The molecule has 0 fully saturated rings. The van der Waals surface area contributed by atoms with Crippen molar-refractivity contribution in [1.82, 2.24) is 5.32 Å². The fourth-order valence-corrected chi connectivity index (χ4v) is 1.63. The molecule has 0 bridgehead atoms. The van der Waals surface area contributed by atoms with Gasteiger partial charge in [0.2, 0.25) is 0 Å². The Morgan fingerprint density at radius 1 is 0.929 bits per heavy atom. The molecule has 2 unspecified atom stereocenters. The maximum atomic E-state index is 3.54. The maximum Gasteiger partial charge on any atom is -0.00203 e. The Balaban J connectivity index is 3.79. The standard InChI is InChI=1S/C13H29N/c1-10(2)8-14-9-11(3)12(4)13(5,6)7/h10-12,14H,8-9H2,1-7H3. The third kappa shape index (κ3) is 5.64. The second kappa shape index (κ2) is 5.75. The van der Waals surface area contributed by atoms with Crippen LogP contribution in [-0.2, 0) is 0 Å². The summed E-state index contributed by atoms with van der Waals surface area (Å²) in [4.78, 5) is 0. The predicted molar refractivity (Wildman–Crippen MR) is 65.5 cm³/mol. The first-order valence-corrected chi connectivity index (χ1v) is 5.96. The van der Waals surface area contributed by atoms with Crippen LogP contribution in [0, 0.1) is 23.2 Å². The van der Waals surface area contributed by atoms with E-state index in [1.807, 2.05) is 0 Å². The molecule has 0 aliphatic heterocycles. The largest absolute Gasteiger partial charge is 0.316 e. The Labute approximate surface area is 90.7 Å². The first kappa shape index (κ1) is 14.0. The van der Waals surface area contributed by atoms with E-state index >= 15 is 0 Å². The fraction of sp³-hybridized carbons (Fsp3) is 1.00. The van der Waals surface area contributed by atoms with Gasteiger partial charge >= 0.3 is 0 Å². The van der Waals surface area contributed by atoms with Crippen LogP contribution in [-0.4, -0.2) is 13.1 Å². The molecule has 0 rings (SSSR count). The quantitative estimate of drug-likeness (QED) is 0.714.